The predicted octanol–water partition coefficient (Wildman–Crippen LogP) is 4.07. The first-order valence-electron chi connectivity index (χ1n) is 10.0. The van der Waals surface area contributed by atoms with Crippen molar-refractivity contribution in [1.29, 1.82) is 0 Å². The van der Waals surface area contributed by atoms with Gasteiger partial charge in [-0.15, -0.1) is 0 Å². The molecule has 6 heteroatoms. The van der Waals surface area contributed by atoms with Gasteiger partial charge in [-0.25, -0.2) is 8.42 Å². The first-order valence-corrected chi connectivity index (χ1v) is 11.8. The van der Waals surface area contributed by atoms with Crippen LogP contribution >= 0.6 is 0 Å². The molecule has 1 aliphatic carbocycles. The fraction of sp³-hybridized carbons (Fsp3) is 0.500. The third kappa shape index (κ3) is 4.08. The summed E-state index contributed by atoms with van der Waals surface area (Å²) in [6.45, 7) is 3.24. The number of aromatic nitrogens is 1. The largest absolute Gasteiger partial charge is 0.497 e. The van der Waals surface area contributed by atoms with E-state index in [2.05, 4.69) is 28.9 Å². The number of hydrogen-bond acceptors (Lipinski definition) is 5. The summed E-state index contributed by atoms with van der Waals surface area (Å²) in [4.78, 5) is 7.08. The summed E-state index contributed by atoms with van der Waals surface area (Å²) < 4.78 is 30.0. The van der Waals surface area contributed by atoms with Gasteiger partial charge in [-0.1, -0.05) is 12.1 Å². The molecule has 1 saturated heterocycles. The molecule has 2 fully saturated rings. The average molecular weight is 401 g/mol. The monoisotopic (exact) mass is 400 g/mol. The number of benzene rings is 1. The zero-order chi connectivity index (χ0) is 19.7. The highest BCUT2D eigenvalue weighted by Gasteiger charge is 2.36. The van der Waals surface area contributed by atoms with E-state index in [-0.39, 0.29) is 23.1 Å². The molecule has 1 aliphatic heterocycles. The van der Waals surface area contributed by atoms with Gasteiger partial charge >= 0.3 is 0 Å². The minimum atomic E-state index is -3.01. The maximum absolute atomic E-state index is 12.4. The summed E-state index contributed by atoms with van der Waals surface area (Å²) >= 11 is 0. The molecule has 0 N–H and O–H groups in total. The molecule has 1 aromatic heterocycles. The normalized spacial score (nSPS) is 21.6. The lowest BCUT2D eigenvalue weighted by Crippen LogP contribution is -2.27. The number of likely N-dealkylation sites (tertiary alicyclic amines) is 1. The van der Waals surface area contributed by atoms with Crippen molar-refractivity contribution < 1.29 is 13.2 Å². The summed E-state index contributed by atoms with van der Waals surface area (Å²) in [5.41, 5.74) is 3.10. The Balaban J connectivity index is 1.53. The molecule has 150 valence electrons. The lowest BCUT2D eigenvalue weighted by molar-refractivity contribution is 0.191. The Morgan fingerprint density at radius 3 is 2.61 bits per heavy atom. The van der Waals surface area contributed by atoms with E-state index >= 15 is 0 Å². The lowest BCUT2D eigenvalue weighted by atomic mass is 10.0. The van der Waals surface area contributed by atoms with Crippen molar-refractivity contribution in [2.75, 3.05) is 13.7 Å². The molecular formula is C22H28N2O3S. The highest BCUT2D eigenvalue weighted by atomic mass is 32.2. The van der Waals surface area contributed by atoms with E-state index in [1.807, 2.05) is 24.3 Å². The molecule has 5 nitrogen and oxygen atoms in total. The number of methoxy groups -OCH3 is 1. The average Bonchev–Trinajstić information content (AvgIpc) is 3.46. The van der Waals surface area contributed by atoms with E-state index in [0.29, 0.717) is 0 Å². The van der Waals surface area contributed by atoms with E-state index in [1.165, 1.54) is 5.56 Å². The van der Waals surface area contributed by atoms with Crippen LogP contribution < -0.4 is 4.74 Å². The number of hydrogen-bond donors (Lipinski definition) is 0. The van der Waals surface area contributed by atoms with Crippen molar-refractivity contribution >= 4 is 9.84 Å². The van der Waals surface area contributed by atoms with Gasteiger partial charge in [-0.2, -0.15) is 0 Å². The maximum atomic E-state index is 12.4. The fourth-order valence-electron chi connectivity index (χ4n) is 4.19. The van der Waals surface area contributed by atoms with Gasteiger partial charge in [0.25, 0.3) is 0 Å². The first-order chi connectivity index (χ1) is 13.5. The van der Waals surface area contributed by atoms with Gasteiger partial charge in [0.2, 0.25) is 0 Å². The molecular weight excluding hydrogens is 372 g/mol. The summed E-state index contributed by atoms with van der Waals surface area (Å²) in [7, 11) is -1.34. The molecule has 1 aromatic carbocycles. The summed E-state index contributed by atoms with van der Waals surface area (Å²) in [5, 5.41) is -0.123. The molecule has 1 saturated carbocycles. The predicted molar refractivity (Wildman–Crippen MR) is 110 cm³/mol. The molecule has 28 heavy (non-hydrogen) atoms. The van der Waals surface area contributed by atoms with Gasteiger partial charge in [0.1, 0.15) is 5.75 Å². The number of nitrogens with zero attached hydrogens (tertiary/aromatic N) is 2. The number of ether oxygens (including phenoxy) is 1. The van der Waals surface area contributed by atoms with Crippen LogP contribution in [-0.2, 0) is 15.6 Å². The third-order valence-corrected chi connectivity index (χ3v) is 8.20. The highest BCUT2D eigenvalue weighted by Crippen LogP contribution is 2.38. The molecule has 2 atom stereocenters. The topological polar surface area (TPSA) is 59.5 Å². The summed E-state index contributed by atoms with van der Waals surface area (Å²) in [6.07, 6.45) is 5.57. The van der Waals surface area contributed by atoms with E-state index in [0.717, 1.165) is 49.2 Å². The molecule has 2 aliphatic rings. The van der Waals surface area contributed by atoms with Crippen LogP contribution in [-0.4, -0.2) is 37.2 Å². The number of sulfone groups is 1. The van der Waals surface area contributed by atoms with Crippen LogP contribution in [0.5, 0.6) is 5.75 Å². The molecule has 0 unspecified atom stereocenters. The van der Waals surface area contributed by atoms with E-state index in [4.69, 9.17) is 4.74 Å². The third-order valence-electron chi connectivity index (χ3n) is 5.98. The van der Waals surface area contributed by atoms with Crippen LogP contribution in [0, 0.1) is 0 Å². The van der Waals surface area contributed by atoms with E-state index < -0.39 is 9.84 Å². The Bertz CT molecular complexity index is 923. The van der Waals surface area contributed by atoms with Crippen LogP contribution in [0.2, 0.25) is 0 Å². The summed E-state index contributed by atoms with van der Waals surface area (Å²) in [5.74, 6) is 0.994. The quantitative estimate of drug-likeness (QED) is 0.701. The van der Waals surface area contributed by atoms with Crippen molar-refractivity contribution in [1.82, 2.24) is 9.88 Å². The van der Waals surface area contributed by atoms with Crippen LogP contribution in [0.1, 0.15) is 61.5 Å². The zero-order valence-corrected chi connectivity index (χ0v) is 17.4. The van der Waals surface area contributed by atoms with Crippen molar-refractivity contribution in [3.05, 3.63) is 59.4 Å². The molecule has 0 spiro atoms. The first kappa shape index (κ1) is 19.4. The Labute approximate surface area is 167 Å². The van der Waals surface area contributed by atoms with Crippen LogP contribution in [0.25, 0.3) is 0 Å². The van der Waals surface area contributed by atoms with Crippen LogP contribution in [0.4, 0.5) is 0 Å². The lowest BCUT2D eigenvalue weighted by Gasteiger charge is -2.31. The SMILES string of the molecule is COc1ccc([C@H](C)N2CCC[C@@H]2c2cc(CS(=O)(=O)C3CC3)ccn2)cc1. The van der Waals surface area contributed by atoms with Gasteiger partial charge in [-0.3, -0.25) is 9.88 Å². The van der Waals surface area contributed by atoms with Crippen molar-refractivity contribution in [2.45, 2.75) is 55.7 Å². The van der Waals surface area contributed by atoms with Gasteiger partial charge in [0, 0.05) is 12.2 Å². The van der Waals surface area contributed by atoms with Crippen molar-refractivity contribution in [3.8, 4) is 5.75 Å². The second-order valence-electron chi connectivity index (χ2n) is 7.94. The minimum absolute atomic E-state index is 0.123. The van der Waals surface area contributed by atoms with Gasteiger partial charge in [0.05, 0.1) is 29.8 Å². The second kappa shape index (κ2) is 7.84. The van der Waals surface area contributed by atoms with Crippen LogP contribution in [0.3, 0.4) is 0 Å². The highest BCUT2D eigenvalue weighted by molar-refractivity contribution is 7.91. The molecule has 0 amide bonds. The maximum Gasteiger partial charge on any atom is 0.157 e. The van der Waals surface area contributed by atoms with Crippen molar-refractivity contribution in [2.24, 2.45) is 0 Å². The standard InChI is InChI=1S/C22H28N2O3S/c1-16(18-5-7-19(27-2)8-6-18)24-13-3-4-22(24)21-14-17(11-12-23-21)15-28(25,26)20-9-10-20/h5-8,11-12,14,16,20,22H,3-4,9-10,13,15H2,1-2H3/t16-,22+/m0/s1. The van der Waals surface area contributed by atoms with Crippen molar-refractivity contribution in [3.63, 3.8) is 0 Å². The zero-order valence-electron chi connectivity index (χ0n) is 16.5. The Kier molecular flexibility index (Phi) is 5.43. The van der Waals surface area contributed by atoms with Gasteiger partial charge in [0.15, 0.2) is 9.84 Å². The molecule has 0 radical (unpaired) electrons. The Morgan fingerprint density at radius 2 is 1.93 bits per heavy atom. The smallest absolute Gasteiger partial charge is 0.157 e. The number of rotatable bonds is 7. The number of pyridine rings is 1. The Morgan fingerprint density at radius 1 is 1.18 bits per heavy atom. The van der Waals surface area contributed by atoms with E-state index in [1.54, 1.807) is 13.3 Å². The molecule has 0 bridgehead atoms. The molecule has 2 aromatic rings. The van der Waals surface area contributed by atoms with Crippen LogP contribution in [0.15, 0.2) is 42.6 Å². The minimum Gasteiger partial charge on any atom is -0.497 e. The van der Waals surface area contributed by atoms with E-state index in [9.17, 15) is 8.42 Å². The molecule has 2 heterocycles. The Hall–Kier alpha value is -1.92. The van der Waals surface area contributed by atoms with Gasteiger partial charge < -0.3 is 4.74 Å². The molecule has 4 rings (SSSR count). The fourth-order valence-corrected chi connectivity index (χ4v) is 5.92. The van der Waals surface area contributed by atoms with Gasteiger partial charge in [-0.05, 0) is 74.5 Å². The second-order valence-corrected chi connectivity index (χ2v) is 10.2. The summed E-state index contributed by atoms with van der Waals surface area (Å²) in [6, 6.07) is 12.6.